The highest BCUT2D eigenvalue weighted by molar-refractivity contribution is 7.84. The van der Waals surface area contributed by atoms with E-state index < -0.39 is 10.8 Å². The first-order valence-electron chi connectivity index (χ1n) is 5.80. The second kappa shape index (κ2) is 10.1. The third-order valence-corrected chi connectivity index (χ3v) is 3.71. The van der Waals surface area contributed by atoms with E-state index in [9.17, 15) is 9.00 Å². The Bertz CT molecular complexity index is 195. The molecule has 3 nitrogen and oxygen atoms in total. The molecule has 0 rings (SSSR count). The topological polar surface area (TPSA) is 60.2 Å². The van der Waals surface area contributed by atoms with Gasteiger partial charge in [0.05, 0.1) is 0 Å². The lowest BCUT2D eigenvalue weighted by atomic mass is 10.1. The molecule has 1 amide bonds. The Kier molecular flexibility index (Phi) is 9.89. The number of primary amides is 1. The van der Waals surface area contributed by atoms with Gasteiger partial charge in [0.1, 0.15) is 0 Å². The maximum atomic E-state index is 11.3. The minimum atomic E-state index is -0.849. The zero-order chi connectivity index (χ0) is 11.5. The van der Waals surface area contributed by atoms with Crippen LogP contribution in [0.2, 0.25) is 0 Å². The largest absolute Gasteiger partial charge is 0.370 e. The Morgan fingerprint density at radius 2 is 1.67 bits per heavy atom. The van der Waals surface area contributed by atoms with Crippen LogP contribution in [0.3, 0.4) is 0 Å². The number of nitrogens with two attached hydrogens (primary N) is 1. The second-order valence-corrected chi connectivity index (χ2v) is 5.53. The van der Waals surface area contributed by atoms with Gasteiger partial charge in [-0.15, -0.1) is 0 Å². The van der Waals surface area contributed by atoms with Gasteiger partial charge >= 0.3 is 0 Å². The molecule has 0 aromatic rings. The van der Waals surface area contributed by atoms with Crippen LogP contribution in [0.1, 0.15) is 51.9 Å². The molecule has 0 bridgehead atoms. The quantitative estimate of drug-likeness (QED) is 0.586. The van der Waals surface area contributed by atoms with Crippen LogP contribution in [0.15, 0.2) is 0 Å². The van der Waals surface area contributed by atoms with E-state index >= 15 is 0 Å². The van der Waals surface area contributed by atoms with Gasteiger partial charge in [-0.3, -0.25) is 9.00 Å². The predicted molar refractivity (Wildman–Crippen MR) is 65.1 cm³/mol. The summed E-state index contributed by atoms with van der Waals surface area (Å²) in [5.74, 6) is 0.801. The Labute approximate surface area is 95.3 Å². The molecule has 0 saturated heterocycles. The summed E-state index contributed by atoms with van der Waals surface area (Å²) in [6, 6.07) is 0. The average Bonchev–Trinajstić information content (AvgIpc) is 2.20. The third kappa shape index (κ3) is 11.5. The van der Waals surface area contributed by atoms with Crippen molar-refractivity contribution in [2.24, 2.45) is 5.73 Å². The van der Waals surface area contributed by atoms with Gasteiger partial charge in [-0.1, -0.05) is 39.0 Å². The Balaban J connectivity index is 3.20. The fraction of sp³-hybridized carbons (Fsp3) is 0.909. The molecule has 0 heterocycles. The molecule has 0 unspecified atom stereocenters. The number of hydrogen-bond acceptors (Lipinski definition) is 2. The number of amides is 1. The Hall–Kier alpha value is -0.380. The van der Waals surface area contributed by atoms with E-state index in [0.29, 0.717) is 5.75 Å². The van der Waals surface area contributed by atoms with E-state index in [1.165, 1.54) is 25.7 Å². The van der Waals surface area contributed by atoms with E-state index in [4.69, 9.17) is 5.73 Å². The van der Waals surface area contributed by atoms with Crippen LogP contribution in [0.5, 0.6) is 0 Å². The minimum Gasteiger partial charge on any atom is -0.370 e. The lowest BCUT2D eigenvalue weighted by molar-refractivity contribution is -0.117. The highest BCUT2D eigenvalue weighted by Crippen LogP contribution is 2.05. The second-order valence-electron chi connectivity index (χ2n) is 3.83. The first-order valence-corrected chi connectivity index (χ1v) is 7.29. The predicted octanol–water partition coefficient (Wildman–Crippen LogP) is 1.97. The fourth-order valence-electron chi connectivity index (χ4n) is 1.36. The van der Waals surface area contributed by atoms with Crippen LogP contribution in [0.25, 0.3) is 0 Å². The van der Waals surface area contributed by atoms with Crippen molar-refractivity contribution in [3.63, 3.8) is 0 Å². The number of unbranched alkanes of at least 4 members (excludes halogenated alkanes) is 5. The van der Waals surface area contributed by atoms with E-state index in [1.54, 1.807) is 0 Å². The lowest BCUT2D eigenvalue weighted by Gasteiger charge is -2.01. The van der Waals surface area contributed by atoms with Crippen molar-refractivity contribution in [2.75, 3.05) is 11.5 Å². The van der Waals surface area contributed by atoms with Crippen molar-refractivity contribution < 1.29 is 9.00 Å². The summed E-state index contributed by atoms with van der Waals surface area (Å²) >= 11 is 0. The van der Waals surface area contributed by atoms with Crippen LogP contribution in [-0.4, -0.2) is 21.6 Å². The lowest BCUT2D eigenvalue weighted by Crippen LogP contribution is -2.15. The van der Waals surface area contributed by atoms with E-state index in [0.717, 1.165) is 18.6 Å². The molecule has 90 valence electrons. The van der Waals surface area contributed by atoms with Gasteiger partial charge in [-0.25, -0.2) is 0 Å². The zero-order valence-electron chi connectivity index (χ0n) is 9.67. The van der Waals surface area contributed by atoms with Crippen LogP contribution >= 0.6 is 0 Å². The molecule has 0 aromatic heterocycles. The molecule has 4 heteroatoms. The number of carbonyl (C=O) groups is 1. The Morgan fingerprint density at radius 1 is 1.07 bits per heavy atom. The molecule has 0 aliphatic rings. The molecule has 0 aliphatic carbocycles. The van der Waals surface area contributed by atoms with Crippen molar-refractivity contribution in [1.82, 2.24) is 0 Å². The van der Waals surface area contributed by atoms with Crippen LogP contribution in [0.4, 0.5) is 0 Å². The normalized spacial score (nSPS) is 12.6. The molecule has 0 spiro atoms. The van der Waals surface area contributed by atoms with Crippen molar-refractivity contribution in [2.45, 2.75) is 51.9 Å². The van der Waals surface area contributed by atoms with Gasteiger partial charge in [-0.2, -0.15) is 0 Å². The third-order valence-electron chi connectivity index (χ3n) is 2.30. The highest BCUT2D eigenvalue weighted by atomic mass is 32.2. The number of hydrogen-bond donors (Lipinski definition) is 1. The first kappa shape index (κ1) is 14.6. The maximum absolute atomic E-state index is 11.3. The van der Waals surface area contributed by atoms with Crippen LogP contribution < -0.4 is 5.73 Å². The van der Waals surface area contributed by atoms with E-state index in [1.807, 2.05) is 0 Å². The summed E-state index contributed by atoms with van der Waals surface area (Å²) in [4.78, 5) is 10.4. The summed E-state index contributed by atoms with van der Waals surface area (Å²) in [5, 5.41) is 0. The average molecular weight is 233 g/mol. The summed E-state index contributed by atoms with van der Waals surface area (Å²) < 4.78 is 11.3. The van der Waals surface area contributed by atoms with Gasteiger partial charge < -0.3 is 5.73 Å². The van der Waals surface area contributed by atoms with Crippen molar-refractivity contribution >= 4 is 16.7 Å². The molecule has 0 aromatic carbocycles. The molecular weight excluding hydrogens is 210 g/mol. The zero-order valence-corrected chi connectivity index (χ0v) is 10.5. The van der Waals surface area contributed by atoms with Gasteiger partial charge in [0.15, 0.2) is 0 Å². The van der Waals surface area contributed by atoms with E-state index in [2.05, 4.69) is 6.92 Å². The SMILES string of the molecule is CCCCCCCC[S@@](=O)CCC(N)=O. The molecule has 0 fully saturated rings. The standard InChI is InChI=1S/C11H23NO2S/c1-2-3-4-5-6-7-9-15(14)10-8-11(12)13/h2-10H2,1H3,(H2,12,13)/t15-/m1/s1. The molecule has 0 radical (unpaired) electrons. The first-order chi connectivity index (χ1) is 7.16. The van der Waals surface area contributed by atoms with Crippen molar-refractivity contribution in [1.29, 1.82) is 0 Å². The van der Waals surface area contributed by atoms with E-state index in [-0.39, 0.29) is 12.3 Å². The number of carbonyl (C=O) groups excluding carboxylic acids is 1. The van der Waals surface area contributed by atoms with Crippen molar-refractivity contribution in [3.05, 3.63) is 0 Å². The summed E-state index contributed by atoms with van der Waals surface area (Å²) in [7, 11) is -0.849. The van der Waals surface area contributed by atoms with Crippen LogP contribution in [0, 0.1) is 0 Å². The van der Waals surface area contributed by atoms with Crippen molar-refractivity contribution in [3.8, 4) is 0 Å². The maximum Gasteiger partial charge on any atom is 0.218 e. The molecule has 0 aliphatic heterocycles. The molecule has 2 N–H and O–H groups in total. The van der Waals surface area contributed by atoms with Gasteiger partial charge in [0.2, 0.25) is 5.91 Å². The molecule has 0 saturated carbocycles. The van der Waals surface area contributed by atoms with Gasteiger partial charge in [0.25, 0.3) is 0 Å². The summed E-state index contributed by atoms with van der Waals surface area (Å²) in [6.07, 6.45) is 7.49. The van der Waals surface area contributed by atoms with Gasteiger partial charge in [-0.05, 0) is 6.42 Å². The minimum absolute atomic E-state index is 0.252. The highest BCUT2D eigenvalue weighted by Gasteiger charge is 2.02. The number of rotatable bonds is 10. The monoisotopic (exact) mass is 233 g/mol. The molecule has 15 heavy (non-hydrogen) atoms. The molecule has 1 atom stereocenters. The smallest absolute Gasteiger partial charge is 0.218 e. The molecular formula is C11H23NO2S. The Morgan fingerprint density at radius 3 is 2.27 bits per heavy atom. The summed E-state index contributed by atoms with van der Waals surface area (Å²) in [5.41, 5.74) is 4.98. The summed E-state index contributed by atoms with van der Waals surface area (Å²) in [6.45, 7) is 2.19. The van der Waals surface area contributed by atoms with Gasteiger partial charge in [0, 0.05) is 28.7 Å². The van der Waals surface area contributed by atoms with Crippen LogP contribution in [-0.2, 0) is 15.6 Å². The fourth-order valence-corrected chi connectivity index (χ4v) is 2.52.